The highest BCUT2D eigenvalue weighted by molar-refractivity contribution is 4.74. The van der Waals surface area contributed by atoms with Crippen LogP contribution in [-0.2, 0) is 4.74 Å². The molecule has 1 fully saturated rings. The Kier molecular flexibility index (Phi) is 3.98. The molecule has 0 aliphatic carbocycles. The van der Waals surface area contributed by atoms with Crippen LogP contribution in [0.1, 0.15) is 19.8 Å². The van der Waals surface area contributed by atoms with Crippen molar-refractivity contribution in [3.05, 3.63) is 0 Å². The van der Waals surface area contributed by atoms with Crippen molar-refractivity contribution < 1.29 is 14.9 Å². The number of hydrogen-bond acceptors (Lipinski definition) is 3. The van der Waals surface area contributed by atoms with E-state index in [2.05, 4.69) is 6.92 Å². The maximum Gasteiger partial charge on any atom is 0.0647 e. The van der Waals surface area contributed by atoms with Gasteiger partial charge < -0.3 is 14.9 Å². The molecule has 2 N–H and O–H groups in total. The van der Waals surface area contributed by atoms with E-state index >= 15 is 0 Å². The van der Waals surface area contributed by atoms with E-state index in [4.69, 9.17) is 14.9 Å². The van der Waals surface area contributed by atoms with E-state index in [0.29, 0.717) is 5.92 Å². The van der Waals surface area contributed by atoms with Crippen LogP contribution in [0, 0.1) is 11.8 Å². The number of hydrogen-bond donors (Lipinski definition) is 2. The van der Waals surface area contributed by atoms with Crippen molar-refractivity contribution in [2.24, 2.45) is 11.8 Å². The van der Waals surface area contributed by atoms with Gasteiger partial charge in [-0.25, -0.2) is 0 Å². The summed E-state index contributed by atoms with van der Waals surface area (Å²) in [5, 5.41) is 17.8. The minimum absolute atomic E-state index is 0.0234. The first-order chi connectivity index (χ1) is 5.77. The van der Waals surface area contributed by atoms with Crippen molar-refractivity contribution >= 4 is 0 Å². The molecule has 2 unspecified atom stereocenters. The van der Waals surface area contributed by atoms with Crippen molar-refractivity contribution in [3.8, 4) is 0 Å². The zero-order chi connectivity index (χ0) is 8.97. The van der Waals surface area contributed by atoms with Crippen LogP contribution in [0.3, 0.4) is 0 Å². The molecule has 0 saturated carbocycles. The van der Waals surface area contributed by atoms with E-state index in [1.54, 1.807) is 0 Å². The van der Waals surface area contributed by atoms with Gasteiger partial charge in [0.15, 0.2) is 0 Å². The molecule has 1 aliphatic rings. The van der Waals surface area contributed by atoms with Gasteiger partial charge in [0.25, 0.3) is 0 Å². The third-order valence-corrected chi connectivity index (χ3v) is 2.53. The predicted octanol–water partition coefficient (Wildman–Crippen LogP) is 0.402. The Balaban J connectivity index is 2.32. The van der Waals surface area contributed by atoms with Crippen LogP contribution in [0.5, 0.6) is 0 Å². The summed E-state index contributed by atoms with van der Waals surface area (Å²) in [5.74, 6) is 0.539. The fourth-order valence-corrected chi connectivity index (χ4v) is 1.57. The van der Waals surface area contributed by atoms with Crippen LogP contribution < -0.4 is 0 Å². The molecule has 0 aromatic heterocycles. The standard InChI is InChI=1S/C9H18O3/c1-7-2-3-9(12-6-7)8(4-10)5-11/h7-11H,2-6H2,1H3. The Morgan fingerprint density at radius 3 is 2.42 bits per heavy atom. The highest BCUT2D eigenvalue weighted by Gasteiger charge is 2.25. The topological polar surface area (TPSA) is 49.7 Å². The fourth-order valence-electron chi connectivity index (χ4n) is 1.57. The van der Waals surface area contributed by atoms with Gasteiger partial charge in [-0.15, -0.1) is 0 Å². The van der Waals surface area contributed by atoms with Gasteiger partial charge in [-0.05, 0) is 18.8 Å². The van der Waals surface area contributed by atoms with E-state index in [1.165, 1.54) is 0 Å². The SMILES string of the molecule is CC1CCC(C(CO)CO)OC1. The summed E-state index contributed by atoms with van der Waals surface area (Å²) in [6, 6.07) is 0. The van der Waals surface area contributed by atoms with Gasteiger partial charge in [0.2, 0.25) is 0 Å². The summed E-state index contributed by atoms with van der Waals surface area (Å²) in [5.41, 5.74) is 0. The maximum atomic E-state index is 8.90. The van der Waals surface area contributed by atoms with E-state index in [-0.39, 0.29) is 25.2 Å². The van der Waals surface area contributed by atoms with Gasteiger partial charge >= 0.3 is 0 Å². The van der Waals surface area contributed by atoms with Crippen molar-refractivity contribution in [2.75, 3.05) is 19.8 Å². The van der Waals surface area contributed by atoms with Gasteiger partial charge in [-0.2, -0.15) is 0 Å². The molecule has 12 heavy (non-hydrogen) atoms. The van der Waals surface area contributed by atoms with Gasteiger partial charge in [-0.1, -0.05) is 6.92 Å². The second-order valence-electron chi connectivity index (χ2n) is 3.68. The van der Waals surface area contributed by atoms with Crippen molar-refractivity contribution in [1.82, 2.24) is 0 Å². The molecule has 1 aliphatic heterocycles. The maximum absolute atomic E-state index is 8.90. The lowest BCUT2D eigenvalue weighted by Gasteiger charge is -2.31. The Hall–Kier alpha value is -0.120. The van der Waals surface area contributed by atoms with Gasteiger partial charge in [0.05, 0.1) is 19.3 Å². The minimum atomic E-state index is -0.0856. The summed E-state index contributed by atoms with van der Waals surface area (Å²) < 4.78 is 5.51. The predicted molar refractivity (Wildman–Crippen MR) is 45.8 cm³/mol. The van der Waals surface area contributed by atoms with Crippen molar-refractivity contribution in [2.45, 2.75) is 25.9 Å². The second-order valence-corrected chi connectivity index (χ2v) is 3.68. The van der Waals surface area contributed by atoms with Gasteiger partial charge in [0, 0.05) is 12.5 Å². The number of rotatable bonds is 3. The Morgan fingerprint density at radius 1 is 1.33 bits per heavy atom. The van der Waals surface area contributed by atoms with Crippen LogP contribution in [0.4, 0.5) is 0 Å². The zero-order valence-corrected chi connectivity index (χ0v) is 7.57. The van der Waals surface area contributed by atoms with Gasteiger partial charge in [-0.3, -0.25) is 0 Å². The van der Waals surface area contributed by atoms with Crippen LogP contribution >= 0.6 is 0 Å². The normalized spacial score (nSPS) is 31.0. The molecule has 3 nitrogen and oxygen atoms in total. The zero-order valence-electron chi connectivity index (χ0n) is 7.57. The Labute approximate surface area is 73.4 Å². The molecular formula is C9H18O3. The summed E-state index contributed by atoms with van der Waals surface area (Å²) in [6.45, 7) is 2.97. The van der Waals surface area contributed by atoms with Crippen molar-refractivity contribution in [3.63, 3.8) is 0 Å². The molecule has 3 heteroatoms. The van der Waals surface area contributed by atoms with E-state index in [9.17, 15) is 0 Å². The van der Waals surface area contributed by atoms with Crippen LogP contribution in [0.2, 0.25) is 0 Å². The smallest absolute Gasteiger partial charge is 0.0647 e. The number of aliphatic hydroxyl groups excluding tert-OH is 2. The molecule has 0 bridgehead atoms. The Morgan fingerprint density at radius 2 is 2.00 bits per heavy atom. The monoisotopic (exact) mass is 174 g/mol. The first-order valence-corrected chi connectivity index (χ1v) is 4.61. The molecule has 0 amide bonds. The summed E-state index contributed by atoms with van der Waals surface area (Å²) in [4.78, 5) is 0. The molecule has 0 radical (unpaired) electrons. The Bertz CT molecular complexity index is 115. The van der Waals surface area contributed by atoms with Crippen LogP contribution in [0.15, 0.2) is 0 Å². The molecule has 1 saturated heterocycles. The second kappa shape index (κ2) is 4.80. The lowest BCUT2D eigenvalue weighted by molar-refractivity contribution is -0.0678. The molecule has 0 aromatic carbocycles. The summed E-state index contributed by atoms with van der Waals surface area (Å²) in [7, 11) is 0. The number of aliphatic hydroxyl groups is 2. The van der Waals surface area contributed by atoms with E-state index in [0.717, 1.165) is 19.4 Å². The molecule has 0 aromatic rings. The largest absolute Gasteiger partial charge is 0.396 e. The average molecular weight is 174 g/mol. The highest BCUT2D eigenvalue weighted by atomic mass is 16.5. The first kappa shape index (κ1) is 9.96. The van der Waals surface area contributed by atoms with Crippen molar-refractivity contribution in [1.29, 1.82) is 0 Å². The molecule has 72 valence electrons. The van der Waals surface area contributed by atoms with Crippen LogP contribution in [0.25, 0.3) is 0 Å². The fraction of sp³-hybridized carbons (Fsp3) is 1.00. The summed E-state index contributed by atoms with van der Waals surface area (Å²) >= 11 is 0. The highest BCUT2D eigenvalue weighted by Crippen LogP contribution is 2.23. The molecule has 1 heterocycles. The molecule has 1 rings (SSSR count). The lowest BCUT2D eigenvalue weighted by Crippen LogP contribution is -2.34. The molecule has 0 spiro atoms. The van der Waals surface area contributed by atoms with Gasteiger partial charge in [0.1, 0.15) is 0 Å². The average Bonchev–Trinajstić information content (AvgIpc) is 2.10. The minimum Gasteiger partial charge on any atom is -0.396 e. The van der Waals surface area contributed by atoms with E-state index in [1.807, 2.05) is 0 Å². The van der Waals surface area contributed by atoms with E-state index < -0.39 is 0 Å². The third-order valence-electron chi connectivity index (χ3n) is 2.53. The lowest BCUT2D eigenvalue weighted by atomic mass is 9.93. The summed E-state index contributed by atoms with van der Waals surface area (Å²) in [6.07, 6.45) is 2.17. The number of ether oxygens (including phenoxy) is 1. The third kappa shape index (κ3) is 2.44. The van der Waals surface area contributed by atoms with Crippen LogP contribution in [-0.4, -0.2) is 36.1 Å². The quantitative estimate of drug-likeness (QED) is 0.651. The first-order valence-electron chi connectivity index (χ1n) is 4.61. The molecule has 2 atom stereocenters. The molecular weight excluding hydrogens is 156 g/mol.